The molecule has 5 fully saturated rings. The number of anilines is 1. The summed E-state index contributed by atoms with van der Waals surface area (Å²) < 4.78 is 16.5. The van der Waals surface area contributed by atoms with E-state index in [0.29, 0.717) is 35.9 Å². The predicted octanol–water partition coefficient (Wildman–Crippen LogP) is 6.03. The molecule has 5 aliphatic carbocycles. The molecule has 43 heavy (non-hydrogen) atoms. The SMILES string of the molecule is COc1cc(C(=O)N2CCN(c3nc(C45CC6CC(CC(C6)C4)C5)nc4sc5c(c34)CCCC5)CC2)cc(OC)c1OC. The normalized spacial score (nSPS) is 27.8. The third-order valence-corrected chi connectivity index (χ3v) is 12.3. The first-order chi connectivity index (χ1) is 21.0. The number of piperazine rings is 1. The third-order valence-electron chi connectivity index (χ3n) is 11.1. The molecule has 1 saturated heterocycles. The number of methoxy groups -OCH3 is 3. The fraction of sp³-hybridized carbons (Fsp3) is 0.618. The van der Waals surface area contributed by atoms with E-state index in [9.17, 15) is 4.79 Å². The minimum absolute atomic E-state index is 0.0195. The number of hydrogen-bond acceptors (Lipinski definition) is 8. The van der Waals surface area contributed by atoms with Gasteiger partial charge in [0.05, 0.1) is 26.7 Å². The number of rotatable bonds is 6. The Balaban J connectivity index is 1.11. The molecule has 0 atom stereocenters. The van der Waals surface area contributed by atoms with E-state index < -0.39 is 0 Å². The van der Waals surface area contributed by atoms with E-state index in [2.05, 4.69) is 4.90 Å². The van der Waals surface area contributed by atoms with E-state index in [4.69, 9.17) is 24.2 Å². The van der Waals surface area contributed by atoms with Crippen molar-refractivity contribution in [2.45, 2.75) is 69.6 Å². The number of carbonyl (C=O) groups excluding carboxylic acids is 1. The van der Waals surface area contributed by atoms with Gasteiger partial charge in [-0.2, -0.15) is 0 Å². The average molecular weight is 603 g/mol. The average Bonchev–Trinajstić information content (AvgIpc) is 3.41. The van der Waals surface area contributed by atoms with E-state index in [1.807, 2.05) is 16.2 Å². The summed E-state index contributed by atoms with van der Waals surface area (Å²) in [6.07, 6.45) is 12.9. The minimum atomic E-state index is -0.0195. The lowest BCUT2D eigenvalue weighted by Crippen LogP contribution is -2.50. The van der Waals surface area contributed by atoms with Crippen molar-refractivity contribution in [3.05, 3.63) is 34.0 Å². The van der Waals surface area contributed by atoms with Crippen molar-refractivity contribution >= 4 is 33.3 Å². The summed E-state index contributed by atoms with van der Waals surface area (Å²) in [5.74, 6) is 6.29. The van der Waals surface area contributed by atoms with Gasteiger partial charge in [0.1, 0.15) is 16.5 Å². The number of aromatic nitrogens is 2. The Hall–Kier alpha value is -3.07. The Bertz CT molecular complexity index is 1520. The Morgan fingerprint density at radius 1 is 0.860 bits per heavy atom. The van der Waals surface area contributed by atoms with E-state index in [0.717, 1.165) is 48.9 Å². The summed E-state index contributed by atoms with van der Waals surface area (Å²) >= 11 is 1.93. The first kappa shape index (κ1) is 27.5. The number of carbonyl (C=O) groups is 1. The monoisotopic (exact) mass is 602 g/mol. The van der Waals surface area contributed by atoms with E-state index in [1.54, 1.807) is 33.5 Å². The molecule has 0 spiro atoms. The van der Waals surface area contributed by atoms with E-state index >= 15 is 0 Å². The lowest BCUT2D eigenvalue weighted by molar-refractivity contribution is -0.00918. The Kier molecular flexibility index (Phi) is 6.73. The number of aryl methyl sites for hydroxylation is 2. The summed E-state index contributed by atoms with van der Waals surface area (Å²) in [4.78, 5) is 31.8. The number of fused-ring (bicyclic) bond motifs is 3. The van der Waals surface area contributed by atoms with Crippen LogP contribution in [-0.4, -0.2) is 68.3 Å². The zero-order valence-corrected chi connectivity index (χ0v) is 26.4. The first-order valence-electron chi connectivity index (χ1n) is 16.2. The quantitative estimate of drug-likeness (QED) is 0.341. The lowest BCUT2D eigenvalue weighted by Gasteiger charge is -2.56. The molecule has 0 N–H and O–H groups in total. The van der Waals surface area contributed by atoms with Gasteiger partial charge < -0.3 is 24.0 Å². The molecule has 8 nitrogen and oxygen atoms in total. The molecule has 3 heterocycles. The van der Waals surface area contributed by atoms with Gasteiger partial charge in [-0.1, -0.05) is 0 Å². The molecule has 1 amide bonds. The van der Waals surface area contributed by atoms with Crippen molar-refractivity contribution in [2.24, 2.45) is 17.8 Å². The van der Waals surface area contributed by atoms with Crippen molar-refractivity contribution in [3.8, 4) is 17.2 Å². The largest absolute Gasteiger partial charge is 0.493 e. The minimum Gasteiger partial charge on any atom is -0.493 e. The molecule has 4 bridgehead atoms. The van der Waals surface area contributed by atoms with Crippen LogP contribution in [0.15, 0.2) is 12.1 Å². The van der Waals surface area contributed by atoms with E-state index in [-0.39, 0.29) is 11.3 Å². The molecule has 1 aromatic carbocycles. The van der Waals surface area contributed by atoms with Crippen LogP contribution in [0.1, 0.15) is 78.0 Å². The van der Waals surface area contributed by atoms with Crippen LogP contribution in [-0.2, 0) is 18.3 Å². The molecule has 228 valence electrons. The second kappa shape index (κ2) is 10.5. The number of nitrogens with zero attached hydrogens (tertiary/aromatic N) is 4. The highest BCUT2D eigenvalue weighted by Gasteiger charge is 2.53. The molecule has 0 radical (unpaired) electrons. The van der Waals surface area contributed by atoms with Crippen LogP contribution in [0.5, 0.6) is 17.2 Å². The molecule has 3 aromatic rings. The zero-order valence-electron chi connectivity index (χ0n) is 25.6. The number of thiophene rings is 1. The summed E-state index contributed by atoms with van der Waals surface area (Å²) in [5.41, 5.74) is 2.20. The lowest BCUT2D eigenvalue weighted by atomic mass is 9.49. The maximum absolute atomic E-state index is 13.7. The smallest absolute Gasteiger partial charge is 0.254 e. The van der Waals surface area contributed by atoms with Crippen LogP contribution in [0, 0.1) is 17.8 Å². The highest BCUT2D eigenvalue weighted by molar-refractivity contribution is 7.19. The molecule has 1 aliphatic heterocycles. The standard InChI is InChI=1S/C34H42N4O4S/c1-40-25-15-23(16-26(41-2)29(25)42-3)32(39)38-10-8-37(9-11-38)30-28-24-6-4-5-7-27(24)43-31(28)36-33(35-30)34-17-20-12-21(18-34)14-22(13-20)19-34/h15-16,20-22H,4-14,17-19H2,1-3H3. The van der Waals surface area contributed by atoms with Gasteiger partial charge in [-0.05, 0) is 99.7 Å². The van der Waals surface area contributed by atoms with E-state index in [1.165, 1.54) is 78.4 Å². The van der Waals surface area contributed by atoms with Crippen molar-refractivity contribution in [2.75, 3.05) is 52.4 Å². The van der Waals surface area contributed by atoms with Crippen LogP contribution in [0.25, 0.3) is 10.2 Å². The summed E-state index contributed by atoms with van der Waals surface area (Å²) in [6.45, 7) is 2.79. The molecule has 0 unspecified atom stereocenters. The topological polar surface area (TPSA) is 77.0 Å². The third kappa shape index (κ3) is 4.47. The summed E-state index contributed by atoms with van der Waals surface area (Å²) in [7, 11) is 4.73. The van der Waals surface area contributed by atoms with Crippen LogP contribution < -0.4 is 19.1 Å². The number of hydrogen-bond donors (Lipinski definition) is 0. The van der Waals surface area contributed by atoms with Gasteiger partial charge in [-0.25, -0.2) is 9.97 Å². The fourth-order valence-electron chi connectivity index (χ4n) is 9.50. The maximum Gasteiger partial charge on any atom is 0.254 e. The Morgan fingerprint density at radius 3 is 2.09 bits per heavy atom. The molecular weight excluding hydrogens is 560 g/mol. The molecule has 6 aliphatic rings. The summed E-state index contributed by atoms with van der Waals surface area (Å²) in [6, 6.07) is 3.50. The molecule has 2 aromatic heterocycles. The number of amides is 1. The van der Waals surface area contributed by atoms with Crippen molar-refractivity contribution in [1.29, 1.82) is 0 Å². The second-order valence-electron chi connectivity index (χ2n) is 13.7. The Morgan fingerprint density at radius 2 is 1.49 bits per heavy atom. The molecule has 9 heteroatoms. The van der Waals surface area contributed by atoms with Crippen LogP contribution in [0.4, 0.5) is 5.82 Å². The number of ether oxygens (including phenoxy) is 3. The maximum atomic E-state index is 13.7. The molecule has 9 rings (SSSR count). The predicted molar refractivity (Wildman–Crippen MR) is 168 cm³/mol. The van der Waals surface area contributed by atoms with Gasteiger partial charge in [0.2, 0.25) is 5.75 Å². The summed E-state index contributed by atoms with van der Waals surface area (Å²) in [5, 5.41) is 1.30. The van der Waals surface area contributed by atoms with Gasteiger partial charge in [-0.3, -0.25) is 4.79 Å². The van der Waals surface area contributed by atoms with Crippen LogP contribution in [0.2, 0.25) is 0 Å². The van der Waals surface area contributed by atoms with Crippen molar-refractivity contribution in [1.82, 2.24) is 14.9 Å². The van der Waals surface area contributed by atoms with Gasteiger partial charge in [-0.15, -0.1) is 11.3 Å². The van der Waals surface area contributed by atoms with Crippen LogP contribution in [0.3, 0.4) is 0 Å². The first-order valence-corrected chi connectivity index (χ1v) is 17.0. The fourth-order valence-corrected chi connectivity index (χ4v) is 10.8. The van der Waals surface area contributed by atoms with Gasteiger partial charge in [0.25, 0.3) is 5.91 Å². The second-order valence-corrected chi connectivity index (χ2v) is 14.7. The van der Waals surface area contributed by atoms with Crippen molar-refractivity contribution < 1.29 is 19.0 Å². The highest BCUT2D eigenvalue weighted by atomic mass is 32.1. The van der Waals surface area contributed by atoms with Gasteiger partial charge in [0.15, 0.2) is 11.5 Å². The van der Waals surface area contributed by atoms with Crippen molar-refractivity contribution in [3.63, 3.8) is 0 Å². The zero-order chi connectivity index (χ0) is 29.3. The highest BCUT2D eigenvalue weighted by Crippen LogP contribution is 2.60. The van der Waals surface area contributed by atoms with Crippen LogP contribution >= 0.6 is 11.3 Å². The van der Waals surface area contributed by atoms with Gasteiger partial charge >= 0.3 is 0 Å². The Labute approximate surface area is 257 Å². The van der Waals surface area contributed by atoms with Gasteiger partial charge in [0, 0.05) is 42.0 Å². The molecular formula is C34H42N4O4S. The molecule has 4 saturated carbocycles. The number of benzene rings is 1.